The third-order valence-electron chi connectivity index (χ3n) is 4.65. The molecule has 0 aliphatic heterocycles. The molecule has 3 heterocycles. The van der Waals surface area contributed by atoms with E-state index in [9.17, 15) is 4.79 Å². The molecule has 3 aromatic heterocycles. The summed E-state index contributed by atoms with van der Waals surface area (Å²) in [6.45, 7) is 0.383. The van der Waals surface area contributed by atoms with Crippen molar-refractivity contribution in [2.24, 2.45) is 0 Å². The fourth-order valence-electron chi connectivity index (χ4n) is 3.20. The van der Waals surface area contributed by atoms with Crippen LogP contribution >= 0.6 is 0 Å². The highest BCUT2D eigenvalue weighted by molar-refractivity contribution is 5.65. The van der Waals surface area contributed by atoms with E-state index in [0.717, 1.165) is 47.6 Å². The van der Waals surface area contributed by atoms with Crippen LogP contribution in [0.4, 0.5) is 16.6 Å². The molecule has 10 heteroatoms. The molecular formula is C18H20N8O2. The second-order valence-electron chi connectivity index (χ2n) is 6.60. The predicted octanol–water partition coefficient (Wildman–Crippen LogP) is 1.93. The minimum absolute atomic E-state index is 0.219. The third kappa shape index (κ3) is 3.85. The van der Waals surface area contributed by atoms with Crippen molar-refractivity contribution in [3.05, 3.63) is 42.4 Å². The largest absolute Gasteiger partial charge is 0.465 e. The molecule has 10 nitrogen and oxygen atoms in total. The van der Waals surface area contributed by atoms with Gasteiger partial charge in [-0.15, -0.1) is 5.10 Å². The molecule has 0 saturated carbocycles. The summed E-state index contributed by atoms with van der Waals surface area (Å²) in [5.74, 6) is 0.963. The second-order valence-corrected chi connectivity index (χ2v) is 6.60. The standard InChI is InChI=1S/C18H20N8O2/c19-17-21-8-12(9-22-17)14-10-20-16-6-5-15(25-26(14)16)24-13-3-1-11(2-4-13)7-23-18(27)28/h1,5-6,8-10,13,23H,2-4,7H2,(H,24,25)(H,27,28)(H2,19,21,22)/t13-/m0/s1. The number of hydrogen-bond donors (Lipinski definition) is 4. The van der Waals surface area contributed by atoms with Gasteiger partial charge in [0.25, 0.3) is 0 Å². The molecule has 28 heavy (non-hydrogen) atoms. The highest BCUT2D eigenvalue weighted by atomic mass is 16.4. The summed E-state index contributed by atoms with van der Waals surface area (Å²) < 4.78 is 1.75. The second kappa shape index (κ2) is 7.51. The highest BCUT2D eigenvalue weighted by Crippen LogP contribution is 2.23. The van der Waals surface area contributed by atoms with Crippen LogP contribution in [0, 0.1) is 0 Å². The fourth-order valence-corrected chi connectivity index (χ4v) is 3.20. The lowest BCUT2D eigenvalue weighted by Crippen LogP contribution is -2.27. The van der Waals surface area contributed by atoms with Crippen molar-refractivity contribution in [3.63, 3.8) is 0 Å². The van der Waals surface area contributed by atoms with Crippen LogP contribution in [0.25, 0.3) is 16.9 Å². The van der Waals surface area contributed by atoms with Crippen LogP contribution in [0.2, 0.25) is 0 Å². The Morgan fingerprint density at radius 3 is 2.79 bits per heavy atom. The summed E-state index contributed by atoms with van der Waals surface area (Å²) >= 11 is 0. The number of anilines is 2. The minimum Gasteiger partial charge on any atom is -0.465 e. The van der Waals surface area contributed by atoms with Crippen LogP contribution in [0.15, 0.2) is 42.4 Å². The van der Waals surface area contributed by atoms with Crippen LogP contribution in [0.3, 0.4) is 0 Å². The summed E-state index contributed by atoms with van der Waals surface area (Å²) in [7, 11) is 0. The van der Waals surface area contributed by atoms with Crippen molar-refractivity contribution in [2.45, 2.75) is 25.3 Å². The maximum atomic E-state index is 10.6. The van der Waals surface area contributed by atoms with Crippen molar-refractivity contribution < 1.29 is 9.90 Å². The molecule has 0 bridgehead atoms. The molecule has 0 spiro atoms. The Morgan fingerprint density at radius 1 is 1.25 bits per heavy atom. The number of fused-ring (bicyclic) bond motifs is 1. The summed E-state index contributed by atoms with van der Waals surface area (Å²) in [5, 5.41) is 19.2. The van der Waals surface area contributed by atoms with E-state index in [1.165, 1.54) is 0 Å². The van der Waals surface area contributed by atoms with Crippen LogP contribution < -0.4 is 16.4 Å². The number of aromatic nitrogens is 5. The van der Waals surface area contributed by atoms with Crippen molar-refractivity contribution >= 4 is 23.5 Å². The zero-order chi connectivity index (χ0) is 19.5. The molecule has 3 aromatic rings. The average Bonchev–Trinajstić information content (AvgIpc) is 3.11. The molecule has 1 aliphatic rings. The van der Waals surface area contributed by atoms with E-state index >= 15 is 0 Å². The number of carbonyl (C=O) groups is 1. The van der Waals surface area contributed by atoms with E-state index in [1.807, 2.05) is 12.1 Å². The summed E-state index contributed by atoms with van der Waals surface area (Å²) in [4.78, 5) is 23.0. The summed E-state index contributed by atoms with van der Waals surface area (Å²) in [5.41, 5.74) is 8.96. The number of nitrogen functional groups attached to an aromatic ring is 1. The Kier molecular flexibility index (Phi) is 4.75. The Balaban J connectivity index is 1.49. The number of amides is 1. The first kappa shape index (κ1) is 17.7. The maximum Gasteiger partial charge on any atom is 0.404 e. The van der Waals surface area contributed by atoms with Gasteiger partial charge in [0.2, 0.25) is 5.95 Å². The molecule has 1 atom stereocenters. The van der Waals surface area contributed by atoms with Gasteiger partial charge in [0, 0.05) is 30.5 Å². The van der Waals surface area contributed by atoms with E-state index in [-0.39, 0.29) is 12.0 Å². The van der Waals surface area contributed by atoms with E-state index in [2.05, 4.69) is 36.8 Å². The number of nitrogens with one attached hydrogen (secondary N) is 2. The van der Waals surface area contributed by atoms with E-state index < -0.39 is 6.09 Å². The summed E-state index contributed by atoms with van der Waals surface area (Å²) in [6.07, 6.45) is 8.68. The lowest BCUT2D eigenvalue weighted by atomic mass is 9.95. The van der Waals surface area contributed by atoms with Gasteiger partial charge in [0.05, 0.1) is 11.9 Å². The first-order chi connectivity index (χ1) is 13.6. The first-order valence-corrected chi connectivity index (χ1v) is 8.92. The molecule has 1 aliphatic carbocycles. The Bertz CT molecular complexity index is 1030. The van der Waals surface area contributed by atoms with Gasteiger partial charge >= 0.3 is 6.09 Å². The lowest BCUT2D eigenvalue weighted by molar-refractivity contribution is 0.195. The number of nitrogens with zero attached hydrogens (tertiary/aromatic N) is 5. The van der Waals surface area contributed by atoms with Gasteiger partial charge in [-0.2, -0.15) is 0 Å². The van der Waals surface area contributed by atoms with Crippen molar-refractivity contribution in [1.29, 1.82) is 0 Å². The van der Waals surface area contributed by atoms with E-state index in [0.29, 0.717) is 6.54 Å². The van der Waals surface area contributed by atoms with Crippen LogP contribution in [0.5, 0.6) is 0 Å². The van der Waals surface area contributed by atoms with Crippen LogP contribution in [-0.2, 0) is 0 Å². The lowest BCUT2D eigenvalue weighted by Gasteiger charge is -2.23. The van der Waals surface area contributed by atoms with Gasteiger partial charge in [-0.05, 0) is 31.4 Å². The molecule has 144 valence electrons. The minimum atomic E-state index is -0.999. The molecule has 0 saturated heterocycles. The Hall–Kier alpha value is -3.69. The smallest absolute Gasteiger partial charge is 0.404 e. The Labute approximate surface area is 160 Å². The zero-order valence-electron chi connectivity index (χ0n) is 15.0. The van der Waals surface area contributed by atoms with Gasteiger partial charge in [-0.1, -0.05) is 11.6 Å². The van der Waals surface area contributed by atoms with Gasteiger partial charge in [0.1, 0.15) is 5.82 Å². The maximum absolute atomic E-state index is 10.6. The Morgan fingerprint density at radius 2 is 2.07 bits per heavy atom. The monoisotopic (exact) mass is 380 g/mol. The fraction of sp³-hybridized carbons (Fsp3) is 0.278. The quantitative estimate of drug-likeness (QED) is 0.492. The molecule has 0 unspecified atom stereocenters. The SMILES string of the molecule is Nc1ncc(-c2cnc3ccc(N[C@H]4CC=C(CNC(=O)O)CC4)nn23)cn1. The van der Waals surface area contributed by atoms with Crippen molar-refractivity contribution in [1.82, 2.24) is 29.9 Å². The van der Waals surface area contributed by atoms with Crippen molar-refractivity contribution in [3.8, 4) is 11.3 Å². The third-order valence-corrected chi connectivity index (χ3v) is 4.65. The van der Waals surface area contributed by atoms with Crippen LogP contribution in [0.1, 0.15) is 19.3 Å². The molecule has 1 amide bonds. The number of rotatable bonds is 5. The van der Waals surface area contributed by atoms with Gasteiger partial charge in [0.15, 0.2) is 5.65 Å². The molecule has 0 radical (unpaired) electrons. The average molecular weight is 380 g/mol. The molecule has 5 N–H and O–H groups in total. The van der Waals surface area contributed by atoms with E-state index in [1.54, 1.807) is 23.1 Å². The number of hydrogen-bond acceptors (Lipinski definition) is 7. The van der Waals surface area contributed by atoms with Crippen molar-refractivity contribution in [2.75, 3.05) is 17.6 Å². The normalized spacial score (nSPS) is 16.6. The molecule has 0 fully saturated rings. The van der Waals surface area contributed by atoms with Gasteiger partial charge in [-0.25, -0.2) is 24.3 Å². The van der Waals surface area contributed by atoms with Gasteiger partial charge < -0.3 is 21.5 Å². The zero-order valence-corrected chi connectivity index (χ0v) is 15.0. The number of imidazole rings is 1. The van der Waals surface area contributed by atoms with E-state index in [4.69, 9.17) is 10.8 Å². The number of nitrogens with two attached hydrogens (primary N) is 1. The highest BCUT2D eigenvalue weighted by Gasteiger charge is 2.16. The molecule has 0 aromatic carbocycles. The summed E-state index contributed by atoms with van der Waals surface area (Å²) in [6, 6.07) is 4.04. The number of carboxylic acid groups (broad SMARTS) is 1. The molecule has 4 rings (SSSR count). The van der Waals surface area contributed by atoms with Gasteiger partial charge in [-0.3, -0.25) is 0 Å². The molecular weight excluding hydrogens is 360 g/mol. The topological polar surface area (TPSA) is 143 Å². The predicted molar refractivity (Wildman–Crippen MR) is 104 cm³/mol. The van der Waals surface area contributed by atoms with Crippen LogP contribution in [-0.4, -0.2) is 48.4 Å². The first-order valence-electron chi connectivity index (χ1n) is 8.92.